The largest absolute Gasteiger partial charge is 0.490 e. The number of amides is 1. The van der Waals surface area contributed by atoms with E-state index in [-0.39, 0.29) is 18.4 Å². The van der Waals surface area contributed by atoms with Gasteiger partial charge in [-0.05, 0) is 48.4 Å². The van der Waals surface area contributed by atoms with E-state index in [4.69, 9.17) is 16.3 Å². The van der Waals surface area contributed by atoms with Gasteiger partial charge in [0.05, 0.1) is 18.7 Å². The Morgan fingerprint density at radius 3 is 2.59 bits per heavy atom. The lowest BCUT2D eigenvalue weighted by Gasteiger charge is -2.14. The Morgan fingerprint density at radius 2 is 1.85 bits per heavy atom. The molecule has 0 aliphatic heterocycles. The molecule has 0 radical (unpaired) electrons. The van der Waals surface area contributed by atoms with Crippen molar-refractivity contribution >= 4 is 34.5 Å². The second-order valence-corrected chi connectivity index (χ2v) is 6.90. The summed E-state index contributed by atoms with van der Waals surface area (Å²) in [5.41, 5.74) is 4.30. The average Bonchev–Trinajstić information content (AvgIpc) is 2.64. The van der Waals surface area contributed by atoms with Gasteiger partial charge in [-0.2, -0.15) is 5.10 Å². The van der Waals surface area contributed by atoms with Crippen LogP contribution in [0.4, 0.5) is 0 Å². The number of benzene rings is 3. The summed E-state index contributed by atoms with van der Waals surface area (Å²) in [6.07, 6.45) is 1.91. The second-order valence-electron chi connectivity index (χ2n) is 6.46. The molecule has 138 valence electrons. The summed E-state index contributed by atoms with van der Waals surface area (Å²) in [4.78, 5) is 12.1. The molecule has 0 saturated heterocycles. The molecule has 4 nitrogen and oxygen atoms in total. The molecule has 0 aliphatic carbocycles. The average molecular weight is 381 g/mol. The van der Waals surface area contributed by atoms with Gasteiger partial charge in [0.25, 0.3) is 0 Å². The van der Waals surface area contributed by atoms with E-state index in [9.17, 15) is 4.79 Å². The van der Waals surface area contributed by atoms with E-state index >= 15 is 0 Å². The topological polar surface area (TPSA) is 50.7 Å². The van der Waals surface area contributed by atoms with Crippen LogP contribution in [0.5, 0.6) is 5.75 Å². The third-order valence-corrected chi connectivity index (χ3v) is 4.21. The molecule has 0 spiro atoms. The number of ether oxygens (including phenoxy) is 1. The number of nitrogens with one attached hydrogen (secondary N) is 1. The fraction of sp³-hybridized carbons (Fsp3) is 0.182. The van der Waals surface area contributed by atoms with E-state index < -0.39 is 0 Å². The minimum atomic E-state index is -0.194. The Morgan fingerprint density at radius 1 is 1.11 bits per heavy atom. The van der Waals surface area contributed by atoms with Gasteiger partial charge in [-0.1, -0.05) is 54.1 Å². The number of hydrogen-bond donors (Lipinski definition) is 1. The monoisotopic (exact) mass is 380 g/mol. The van der Waals surface area contributed by atoms with Crippen LogP contribution in [0.15, 0.2) is 65.8 Å². The quantitative estimate of drug-likeness (QED) is 0.484. The molecule has 27 heavy (non-hydrogen) atoms. The predicted octanol–water partition coefficient (Wildman–Crippen LogP) is 4.97. The van der Waals surface area contributed by atoms with Crippen molar-refractivity contribution in [1.82, 2.24) is 5.43 Å². The molecular formula is C22H21ClN2O2. The highest BCUT2D eigenvalue weighted by Crippen LogP contribution is 2.27. The Balaban J connectivity index is 1.78. The van der Waals surface area contributed by atoms with Gasteiger partial charge in [-0.15, -0.1) is 0 Å². The molecule has 0 saturated carbocycles. The van der Waals surface area contributed by atoms with Crippen molar-refractivity contribution in [2.45, 2.75) is 26.4 Å². The van der Waals surface area contributed by atoms with E-state index in [1.165, 1.54) is 0 Å². The van der Waals surface area contributed by atoms with Crippen molar-refractivity contribution in [2.75, 3.05) is 0 Å². The van der Waals surface area contributed by atoms with E-state index in [0.717, 1.165) is 27.6 Å². The summed E-state index contributed by atoms with van der Waals surface area (Å²) in [5, 5.41) is 6.89. The van der Waals surface area contributed by atoms with Crippen LogP contribution in [-0.2, 0) is 11.2 Å². The molecule has 3 aromatic rings. The van der Waals surface area contributed by atoms with E-state index in [1.807, 2.05) is 62.4 Å². The van der Waals surface area contributed by atoms with Gasteiger partial charge in [-0.3, -0.25) is 4.79 Å². The summed E-state index contributed by atoms with van der Waals surface area (Å²) < 4.78 is 5.90. The normalized spacial score (nSPS) is 11.3. The Kier molecular flexibility index (Phi) is 6.09. The van der Waals surface area contributed by atoms with Crippen LogP contribution in [0.1, 0.15) is 25.0 Å². The van der Waals surface area contributed by atoms with Crippen molar-refractivity contribution in [3.05, 3.63) is 76.8 Å². The number of carbonyl (C=O) groups excluding carboxylic acids is 1. The molecule has 0 atom stereocenters. The summed E-state index contributed by atoms with van der Waals surface area (Å²) >= 11 is 5.86. The van der Waals surface area contributed by atoms with Gasteiger partial charge in [0.15, 0.2) is 0 Å². The number of hydrazone groups is 1. The molecule has 0 heterocycles. The van der Waals surface area contributed by atoms with E-state index in [0.29, 0.717) is 5.02 Å². The lowest BCUT2D eigenvalue weighted by Crippen LogP contribution is -2.19. The third-order valence-electron chi connectivity index (χ3n) is 3.95. The highest BCUT2D eigenvalue weighted by molar-refractivity contribution is 6.30. The van der Waals surface area contributed by atoms with Gasteiger partial charge >= 0.3 is 0 Å². The highest BCUT2D eigenvalue weighted by Gasteiger charge is 2.09. The standard InChI is InChI=1S/C22H21ClN2O2/c1-15(2)27-21-12-9-17-5-3-4-6-19(17)20(21)14-24-25-22(26)13-16-7-10-18(23)11-8-16/h3-12,14-15H,13H2,1-2H3,(H,25,26)/b24-14-. The van der Waals surface area contributed by atoms with Gasteiger partial charge in [0, 0.05) is 10.6 Å². The minimum absolute atomic E-state index is 0.0396. The van der Waals surface area contributed by atoms with Gasteiger partial charge in [0.2, 0.25) is 5.91 Å². The number of fused-ring (bicyclic) bond motifs is 1. The maximum Gasteiger partial charge on any atom is 0.244 e. The molecule has 1 N–H and O–H groups in total. The van der Waals surface area contributed by atoms with Crippen molar-refractivity contribution in [1.29, 1.82) is 0 Å². The highest BCUT2D eigenvalue weighted by atomic mass is 35.5. The molecule has 0 aliphatic rings. The van der Waals surface area contributed by atoms with Crippen molar-refractivity contribution in [3.8, 4) is 5.75 Å². The molecular weight excluding hydrogens is 360 g/mol. The van der Waals surface area contributed by atoms with Crippen LogP contribution >= 0.6 is 11.6 Å². The first kappa shape index (κ1) is 18.9. The molecule has 0 fully saturated rings. The third kappa shape index (κ3) is 5.08. The molecule has 1 amide bonds. The zero-order valence-electron chi connectivity index (χ0n) is 15.3. The molecule has 3 aromatic carbocycles. The first-order valence-electron chi connectivity index (χ1n) is 8.77. The number of carbonyl (C=O) groups is 1. The van der Waals surface area contributed by atoms with Crippen LogP contribution < -0.4 is 10.2 Å². The molecule has 0 unspecified atom stereocenters. The lowest BCUT2D eigenvalue weighted by atomic mass is 10.0. The maximum absolute atomic E-state index is 12.1. The first-order chi connectivity index (χ1) is 13.0. The number of rotatable bonds is 6. The van der Waals surface area contributed by atoms with Crippen molar-refractivity contribution in [3.63, 3.8) is 0 Å². The van der Waals surface area contributed by atoms with Gasteiger partial charge in [-0.25, -0.2) is 5.43 Å². The van der Waals surface area contributed by atoms with E-state index in [1.54, 1.807) is 18.3 Å². The lowest BCUT2D eigenvalue weighted by molar-refractivity contribution is -0.120. The maximum atomic E-state index is 12.1. The Hall–Kier alpha value is -2.85. The zero-order valence-corrected chi connectivity index (χ0v) is 16.0. The Bertz CT molecular complexity index is 966. The van der Waals surface area contributed by atoms with Crippen LogP contribution in [0.3, 0.4) is 0 Å². The van der Waals surface area contributed by atoms with Gasteiger partial charge in [0.1, 0.15) is 5.75 Å². The summed E-state index contributed by atoms with van der Waals surface area (Å²) in [7, 11) is 0. The minimum Gasteiger partial charge on any atom is -0.490 e. The first-order valence-corrected chi connectivity index (χ1v) is 9.15. The van der Waals surface area contributed by atoms with Gasteiger partial charge < -0.3 is 4.74 Å². The van der Waals surface area contributed by atoms with Crippen LogP contribution in [0.2, 0.25) is 5.02 Å². The van der Waals surface area contributed by atoms with Crippen LogP contribution in [0.25, 0.3) is 10.8 Å². The SMILES string of the molecule is CC(C)Oc1ccc2ccccc2c1/C=N\NC(=O)Cc1ccc(Cl)cc1. The van der Waals surface area contributed by atoms with Crippen molar-refractivity contribution in [2.24, 2.45) is 5.10 Å². The zero-order chi connectivity index (χ0) is 19.2. The van der Waals surface area contributed by atoms with Crippen LogP contribution in [-0.4, -0.2) is 18.2 Å². The second kappa shape index (κ2) is 8.69. The number of hydrogen-bond acceptors (Lipinski definition) is 3. The fourth-order valence-corrected chi connectivity index (χ4v) is 2.89. The Labute approximate surface area is 163 Å². The molecule has 5 heteroatoms. The fourth-order valence-electron chi connectivity index (χ4n) is 2.76. The number of nitrogens with zero attached hydrogens (tertiary/aromatic N) is 1. The summed E-state index contributed by atoms with van der Waals surface area (Å²) in [6.45, 7) is 3.95. The molecule has 3 rings (SSSR count). The summed E-state index contributed by atoms with van der Waals surface area (Å²) in [5.74, 6) is 0.541. The summed E-state index contributed by atoms with van der Waals surface area (Å²) in [6, 6.07) is 19.1. The van der Waals surface area contributed by atoms with Crippen molar-refractivity contribution < 1.29 is 9.53 Å². The number of halogens is 1. The van der Waals surface area contributed by atoms with Crippen LogP contribution in [0, 0.1) is 0 Å². The molecule has 0 bridgehead atoms. The molecule has 0 aromatic heterocycles. The predicted molar refractivity (Wildman–Crippen MR) is 111 cm³/mol. The van der Waals surface area contributed by atoms with E-state index in [2.05, 4.69) is 10.5 Å². The smallest absolute Gasteiger partial charge is 0.244 e.